The van der Waals surface area contributed by atoms with Gasteiger partial charge in [-0.15, -0.1) is 0 Å². The van der Waals surface area contributed by atoms with E-state index in [4.69, 9.17) is 18.6 Å². The lowest BCUT2D eigenvalue weighted by molar-refractivity contribution is -0.129. The zero-order valence-electron chi connectivity index (χ0n) is 16.2. The predicted octanol–water partition coefficient (Wildman–Crippen LogP) is 2.61. The highest BCUT2D eigenvalue weighted by atomic mass is 16.5. The average Bonchev–Trinajstić information content (AvgIpc) is 3.13. The van der Waals surface area contributed by atoms with Crippen molar-refractivity contribution in [3.05, 3.63) is 54.3 Å². The van der Waals surface area contributed by atoms with Crippen LogP contribution in [0.5, 0.6) is 17.2 Å². The number of hydrogen-bond acceptors (Lipinski definition) is 6. The molecule has 0 bridgehead atoms. The highest BCUT2D eigenvalue weighted by Crippen LogP contribution is 2.26. The van der Waals surface area contributed by atoms with Crippen molar-refractivity contribution in [2.75, 3.05) is 20.3 Å². The number of hydrazine groups is 1. The molecule has 0 aliphatic carbocycles. The second-order valence-corrected chi connectivity index (χ2v) is 6.06. The quantitative estimate of drug-likeness (QED) is 0.566. The minimum Gasteiger partial charge on any atom is -0.497 e. The van der Waals surface area contributed by atoms with Crippen molar-refractivity contribution in [1.29, 1.82) is 0 Å². The van der Waals surface area contributed by atoms with Crippen molar-refractivity contribution in [3.63, 3.8) is 0 Å². The number of amides is 2. The summed E-state index contributed by atoms with van der Waals surface area (Å²) in [6.07, 6.45) is 1.56. The first-order chi connectivity index (χ1) is 14.1. The predicted molar refractivity (Wildman–Crippen MR) is 106 cm³/mol. The van der Waals surface area contributed by atoms with Crippen molar-refractivity contribution in [2.45, 2.75) is 13.3 Å². The standard InChI is InChI=1S/C21H22N2O6/c1-3-27-17-6-4-5-7-18(17)29-13-21(25)23-22-20(24)10-14-12-28-19-11-15(26-2)8-9-16(14)19/h4-9,11-12H,3,10,13H2,1-2H3,(H,22,24)(H,23,25). The van der Waals surface area contributed by atoms with Gasteiger partial charge in [0.25, 0.3) is 5.91 Å². The molecule has 0 aliphatic rings. The number of rotatable bonds is 8. The van der Waals surface area contributed by atoms with Crippen LogP contribution in [0.3, 0.4) is 0 Å². The van der Waals surface area contributed by atoms with E-state index in [-0.39, 0.29) is 18.9 Å². The number of hydrogen-bond donors (Lipinski definition) is 2. The molecule has 8 nitrogen and oxygen atoms in total. The van der Waals surface area contributed by atoms with Gasteiger partial charge in [0.05, 0.1) is 26.4 Å². The smallest absolute Gasteiger partial charge is 0.276 e. The molecule has 0 saturated carbocycles. The van der Waals surface area contributed by atoms with Crippen LogP contribution in [0.1, 0.15) is 12.5 Å². The largest absolute Gasteiger partial charge is 0.497 e. The third kappa shape index (κ3) is 5.19. The number of ether oxygens (including phenoxy) is 3. The summed E-state index contributed by atoms with van der Waals surface area (Å²) in [4.78, 5) is 24.1. The van der Waals surface area contributed by atoms with Crippen molar-refractivity contribution in [2.24, 2.45) is 0 Å². The molecular formula is C21H22N2O6. The van der Waals surface area contributed by atoms with Crippen LogP contribution < -0.4 is 25.1 Å². The summed E-state index contributed by atoms with van der Waals surface area (Å²) in [6, 6.07) is 12.4. The van der Waals surface area contributed by atoms with Crippen LogP contribution >= 0.6 is 0 Å². The van der Waals surface area contributed by atoms with Crippen molar-refractivity contribution < 1.29 is 28.2 Å². The maximum atomic E-state index is 12.1. The summed E-state index contributed by atoms with van der Waals surface area (Å²) < 4.78 is 21.5. The fourth-order valence-electron chi connectivity index (χ4n) is 2.71. The Bertz CT molecular complexity index is 998. The molecule has 0 fully saturated rings. The lowest BCUT2D eigenvalue weighted by Crippen LogP contribution is -2.44. The van der Waals surface area contributed by atoms with Gasteiger partial charge in [-0.25, -0.2) is 0 Å². The van der Waals surface area contributed by atoms with Crippen LogP contribution in [0.2, 0.25) is 0 Å². The van der Waals surface area contributed by atoms with Crippen LogP contribution in [0.15, 0.2) is 53.1 Å². The van der Waals surface area contributed by atoms with Crippen molar-refractivity contribution in [3.8, 4) is 17.2 Å². The van der Waals surface area contributed by atoms with Gasteiger partial charge in [-0.1, -0.05) is 12.1 Å². The Morgan fingerprint density at radius 2 is 1.72 bits per heavy atom. The van der Waals surface area contributed by atoms with Gasteiger partial charge < -0.3 is 18.6 Å². The zero-order chi connectivity index (χ0) is 20.6. The summed E-state index contributed by atoms with van der Waals surface area (Å²) in [6.45, 7) is 2.08. The van der Waals surface area contributed by atoms with E-state index in [0.717, 1.165) is 5.39 Å². The molecule has 2 aromatic carbocycles. The Labute approximate surface area is 167 Å². The van der Waals surface area contributed by atoms with E-state index in [2.05, 4.69) is 10.9 Å². The third-order valence-electron chi connectivity index (χ3n) is 4.06. The normalized spacial score (nSPS) is 10.4. The van der Waals surface area contributed by atoms with Gasteiger partial charge >= 0.3 is 0 Å². The molecule has 1 aromatic heterocycles. The molecule has 3 rings (SSSR count). The van der Waals surface area contributed by atoms with Crippen molar-refractivity contribution in [1.82, 2.24) is 10.9 Å². The molecule has 2 N–H and O–H groups in total. The van der Waals surface area contributed by atoms with Gasteiger partial charge in [-0.3, -0.25) is 20.4 Å². The van der Waals surface area contributed by atoms with E-state index < -0.39 is 5.91 Å². The Morgan fingerprint density at radius 1 is 1.00 bits per heavy atom. The van der Waals surface area contributed by atoms with Crippen molar-refractivity contribution >= 4 is 22.8 Å². The first-order valence-electron chi connectivity index (χ1n) is 9.07. The molecule has 2 amide bonds. The number of nitrogens with one attached hydrogen (secondary N) is 2. The van der Waals surface area contributed by atoms with Gasteiger partial charge in [-0.05, 0) is 31.2 Å². The summed E-state index contributed by atoms with van der Waals surface area (Å²) in [5.41, 5.74) is 6.02. The minimum atomic E-state index is -0.494. The monoisotopic (exact) mass is 398 g/mol. The number of furan rings is 1. The number of benzene rings is 2. The molecule has 0 atom stereocenters. The summed E-state index contributed by atoms with van der Waals surface area (Å²) in [5.74, 6) is 0.797. The zero-order valence-corrected chi connectivity index (χ0v) is 16.2. The number of carbonyl (C=O) groups is 2. The summed E-state index contributed by atoms with van der Waals surface area (Å²) in [5, 5.41) is 0.808. The lowest BCUT2D eigenvalue weighted by atomic mass is 10.1. The Hall–Kier alpha value is -3.68. The maximum Gasteiger partial charge on any atom is 0.276 e. The van der Waals surface area contributed by atoms with Gasteiger partial charge in [0, 0.05) is 17.0 Å². The maximum absolute atomic E-state index is 12.1. The fourth-order valence-corrected chi connectivity index (χ4v) is 2.71. The van der Waals surface area contributed by atoms with Crippen LogP contribution in [0.25, 0.3) is 11.0 Å². The van der Waals surface area contributed by atoms with E-state index in [1.165, 1.54) is 6.26 Å². The van der Waals surface area contributed by atoms with Crippen LogP contribution in [-0.2, 0) is 16.0 Å². The van der Waals surface area contributed by atoms with Crippen LogP contribution in [0, 0.1) is 0 Å². The lowest BCUT2D eigenvalue weighted by Gasteiger charge is -2.12. The summed E-state index contributed by atoms with van der Waals surface area (Å²) in [7, 11) is 1.57. The van der Waals surface area contributed by atoms with Gasteiger partial charge in [0.15, 0.2) is 18.1 Å². The molecule has 29 heavy (non-hydrogen) atoms. The topological polar surface area (TPSA) is 99.0 Å². The van der Waals surface area contributed by atoms with Crippen LogP contribution in [-0.4, -0.2) is 32.1 Å². The Kier molecular flexibility index (Phi) is 6.57. The molecule has 0 spiro atoms. The molecule has 0 unspecified atom stereocenters. The molecule has 0 aliphatic heterocycles. The highest BCUT2D eigenvalue weighted by molar-refractivity contribution is 5.89. The fraction of sp³-hybridized carbons (Fsp3) is 0.238. The minimum absolute atomic E-state index is 0.0492. The molecule has 152 valence electrons. The summed E-state index contributed by atoms with van der Waals surface area (Å²) >= 11 is 0. The van der Waals surface area contributed by atoms with Crippen LogP contribution in [0.4, 0.5) is 0 Å². The third-order valence-corrected chi connectivity index (χ3v) is 4.06. The number of methoxy groups -OCH3 is 1. The SMILES string of the molecule is CCOc1ccccc1OCC(=O)NNC(=O)Cc1coc2cc(OC)ccc12. The van der Waals surface area contributed by atoms with E-state index >= 15 is 0 Å². The highest BCUT2D eigenvalue weighted by Gasteiger charge is 2.13. The van der Waals surface area contributed by atoms with Gasteiger partial charge in [0.2, 0.25) is 5.91 Å². The number of para-hydroxylation sites is 2. The molecule has 0 radical (unpaired) electrons. The Morgan fingerprint density at radius 3 is 2.45 bits per heavy atom. The van der Waals surface area contributed by atoms with E-state index in [9.17, 15) is 9.59 Å². The number of carbonyl (C=O) groups excluding carboxylic acids is 2. The molecule has 8 heteroatoms. The van der Waals surface area contributed by atoms with E-state index in [1.807, 2.05) is 19.1 Å². The molecule has 1 heterocycles. The first kappa shape index (κ1) is 20.1. The van der Waals surface area contributed by atoms with Gasteiger partial charge in [0.1, 0.15) is 11.3 Å². The number of fused-ring (bicyclic) bond motifs is 1. The molecule has 3 aromatic rings. The second kappa shape index (κ2) is 9.50. The average molecular weight is 398 g/mol. The van der Waals surface area contributed by atoms with E-state index in [0.29, 0.717) is 35.0 Å². The molecular weight excluding hydrogens is 376 g/mol. The van der Waals surface area contributed by atoms with E-state index in [1.54, 1.807) is 37.4 Å². The van der Waals surface area contributed by atoms with Gasteiger partial charge in [-0.2, -0.15) is 0 Å². The first-order valence-corrected chi connectivity index (χ1v) is 9.07. The molecule has 0 saturated heterocycles. The second-order valence-electron chi connectivity index (χ2n) is 6.06. The Balaban J connectivity index is 1.49.